The number of aliphatic carboxylic acids is 1. The lowest BCUT2D eigenvalue weighted by molar-refractivity contribution is -0.192. The molecule has 3 N–H and O–H groups in total. The fraction of sp³-hybridized carbons (Fsp3) is 0.391. The highest BCUT2D eigenvalue weighted by atomic mass is 19.4. The summed E-state index contributed by atoms with van der Waals surface area (Å²) in [6.07, 6.45) is -1.28. The van der Waals surface area contributed by atoms with E-state index in [1.54, 1.807) is 18.2 Å². The van der Waals surface area contributed by atoms with E-state index < -0.39 is 29.9 Å². The molecular weight excluding hydrogens is 463 g/mol. The van der Waals surface area contributed by atoms with E-state index in [1.165, 1.54) is 37.1 Å². The van der Waals surface area contributed by atoms with Crippen LogP contribution >= 0.6 is 0 Å². The van der Waals surface area contributed by atoms with Crippen molar-refractivity contribution in [3.05, 3.63) is 54.1 Å². The second-order valence-corrected chi connectivity index (χ2v) is 8.17. The van der Waals surface area contributed by atoms with Crippen molar-refractivity contribution < 1.29 is 41.4 Å². The third-order valence-corrected chi connectivity index (χ3v) is 5.65. The second kappa shape index (κ2) is 10.8. The number of carboxylic acids is 1. The molecule has 2 aromatic carbocycles. The van der Waals surface area contributed by atoms with Crippen LogP contribution in [-0.2, 0) is 9.53 Å². The summed E-state index contributed by atoms with van der Waals surface area (Å²) in [4.78, 5) is 21.1. The molecule has 2 unspecified atom stereocenters. The molecule has 2 aromatic rings. The molecule has 2 atom stereocenters. The lowest BCUT2D eigenvalue weighted by atomic mass is 9.93. The first-order valence-corrected chi connectivity index (χ1v) is 10.6. The predicted octanol–water partition coefficient (Wildman–Crippen LogP) is 5.34. The normalized spacial score (nSPS) is 21.3. The van der Waals surface area contributed by atoms with Gasteiger partial charge in [-0.2, -0.15) is 13.2 Å². The van der Waals surface area contributed by atoms with Crippen LogP contribution in [0.2, 0.25) is 0 Å². The molecule has 0 saturated carbocycles. The smallest absolute Gasteiger partial charge is 0.475 e. The van der Waals surface area contributed by atoms with Crippen molar-refractivity contribution in [3.63, 3.8) is 0 Å². The van der Waals surface area contributed by atoms with Gasteiger partial charge in [-0.15, -0.1) is 0 Å². The number of carbonyl (C=O) groups is 2. The Labute approximate surface area is 192 Å². The van der Waals surface area contributed by atoms with Gasteiger partial charge in [0.2, 0.25) is 0 Å². The highest BCUT2D eigenvalue weighted by Crippen LogP contribution is 2.32. The van der Waals surface area contributed by atoms with E-state index in [-0.39, 0.29) is 11.1 Å². The number of ether oxygens (including phenoxy) is 1. The topological polar surface area (TPSA) is 87.7 Å². The lowest BCUT2D eigenvalue weighted by Crippen LogP contribution is -2.39. The molecule has 2 fully saturated rings. The molecule has 34 heavy (non-hydrogen) atoms. The number of hydrogen-bond acceptors (Lipinski definition) is 4. The Morgan fingerprint density at radius 2 is 1.65 bits per heavy atom. The molecule has 0 spiro atoms. The number of piperidine rings is 1. The molecule has 11 heteroatoms. The van der Waals surface area contributed by atoms with Gasteiger partial charge in [-0.3, -0.25) is 5.32 Å². The van der Waals surface area contributed by atoms with E-state index in [1.807, 2.05) is 0 Å². The van der Waals surface area contributed by atoms with Crippen molar-refractivity contribution in [2.45, 2.75) is 43.9 Å². The van der Waals surface area contributed by atoms with Crippen LogP contribution in [0.3, 0.4) is 0 Å². The SMILES string of the molecule is O=C(Nc1ccc(F)cc1-c1ccccc1F)OCC1CC2CCC(C1)N2.O=C(O)C(F)(F)F. The molecule has 2 saturated heterocycles. The summed E-state index contributed by atoms with van der Waals surface area (Å²) in [5, 5.41) is 13.3. The number of rotatable bonds is 4. The molecule has 2 bridgehead atoms. The van der Waals surface area contributed by atoms with Gasteiger partial charge in [0, 0.05) is 23.2 Å². The highest BCUT2D eigenvalue weighted by Gasteiger charge is 2.38. The first kappa shape index (κ1) is 25.4. The van der Waals surface area contributed by atoms with Crippen LogP contribution in [-0.4, -0.2) is 42.0 Å². The Kier molecular flexibility index (Phi) is 8.08. The van der Waals surface area contributed by atoms with E-state index in [9.17, 15) is 26.7 Å². The molecular formula is C23H23F5N2O4. The quantitative estimate of drug-likeness (QED) is 0.508. The molecule has 184 valence electrons. The zero-order valence-electron chi connectivity index (χ0n) is 17.9. The minimum atomic E-state index is -5.08. The Morgan fingerprint density at radius 3 is 2.24 bits per heavy atom. The number of halogens is 5. The van der Waals surface area contributed by atoms with E-state index in [4.69, 9.17) is 14.6 Å². The number of alkyl halides is 3. The van der Waals surface area contributed by atoms with Crippen molar-refractivity contribution in [2.24, 2.45) is 5.92 Å². The molecule has 1 amide bonds. The predicted molar refractivity (Wildman–Crippen MR) is 113 cm³/mol. The maximum Gasteiger partial charge on any atom is 0.490 e. The van der Waals surface area contributed by atoms with Gasteiger partial charge in [0.15, 0.2) is 0 Å². The summed E-state index contributed by atoms with van der Waals surface area (Å²) in [5.74, 6) is -3.39. The van der Waals surface area contributed by atoms with Gasteiger partial charge in [-0.1, -0.05) is 18.2 Å². The third-order valence-electron chi connectivity index (χ3n) is 5.65. The average molecular weight is 486 g/mol. The molecule has 0 aliphatic carbocycles. The largest absolute Gasteiger partial charge is 0.490 e. The van der Waals surface area contributed by atoms with Crippen molar-refractivity contribution >= 4 is 17.7 Å². The fourth-order valence-corrected chi connectivity index (χ4v) is 4.18. The van der Waals surface area contributed by atoms with Crippen LogP contribution in [0.4, 0.5) is 32.4 Å². The number of fused-ring (bicyclic) bond motifs is 2. The highest BCUT2D eigenvalue weighted by molar-refractivity contribution is 5.91. The van der Waals surface area contributed by atoms with Crippen LogP contribution < -0.4 is 10.6 Å². The zero-order valence-corrected chi connectivity index (χ0v) is 17.9. The number of carbonyl (C=O) groups excluding carboxylic acids is 1. The number of nitrogens with one attached hydrogen (secondary N) is 2. The van der Waals surface area contributed by atoms with Crippen LogP contribution in [0.5, 0.6) is 0 Å². The molecule has 4 rings (SSSR count). The summed E-state index contributed by atoms with van der Waals surface area (Å²) >= 11 is 0. The average Bonchev–Trinajstić information content (AvgIpc) is 3.11. The maximum atomic E-state index is 14.1. The molecule has 0 aromatic heterocycles. The van der Waals surface area contributed by atoms with Crippen LogP contribution in [0, 0.1) is 17.6 Å². The van der Waals surface area contributed by atoms with Crippen LogP contribution in [0.25, 0.3) is 11.1 Å². The Hall–Kier alpha value is -3.21. The minimum Gasteiger partial charge on any atom is -0.475 e. The summed E-state index contributed by atoms with van der Waals surface area (Å²) in [5.41, 5.74) is 0.823. The Morgan fingerprint density at radius 1 is 1.03 bits per heavy atom. The van der Waals surface area contributed by atoms with Gasteiger partial charge >= 0.3 is 18.2 Å². The first-order valence-electron chi connectivity index (χ1n) is 10.6. The Balaban J connectivity index is 0.000000406. The number of carboxylic acid groups (broad SMARTS) is 1. The number of hydrogen-bond donors (Lipinski definition) is 3. The van der Waals surface area contributed by atoms with E-state index in [0.717, 1.165) is 12.8 Å². The van der Waals surface area contributed by atoms with E-state index in [2.05, 4.69) is 10.6 Å². The molecule has 6 nitrogen and oxygen atoms in total. The summed E-state index contributed by atoms with van der Waals surface area (Å²) in [7, 11) is 0. The monoisotopic (exact) mass is 486 g/mol. The molecule has 2 heterocycles. The number of benzene rings is 2. The summed E-state index contributed by atoms with van der Waals surface area (Å²) < 4.78 is 65.0. The van der Waals surface area contributed by atoms with Crippen molar-refractivity contribution in [3.8, 4) is 11.1 Å². The standard InChI is InChI=1S/C21H22F2N2O2.C2HF3O2/c22-14-5-8-20(18(11-14)17-3-1-2-4-19(17)23)25-21(26)27-12-13-9-15-6-7-16(10-13)24-15;3-2(4,5)1(6)7/h1-5,8,11,13,15-16,24H,6-7,9-10,12H2,(H,25,26);(H,6,7). The summed E-state index contributed by atoms with van der Waals surface area (Å²) in [6, 6.07) is 11.0. The van der Waals surface area contributed by atoms with Crippen LogP contribution in [0.1, 0.15) is 25.7 Å². The lowest BCUT2D eigenvalue weighted by Gasteiger charge is -2.28. The van der Waals surface area contributed by atoms with Crippen molar-refractivity contribution in [1.82, 2.24) is 5.32 Å². The van der Waals surface area contributed by atoms with Crippen molar-refractivity contribution in [2.75, 3.05) is 11.9 Å². The molecule has 2 aliphatic rings. The summed E-state index contributed by atoms with van der Waals surface area (Å²) in [6.45, 7) is 0.358. The third kappa shape index (κ3) is 6.89. The Bertz CT molecular complexity index is 1020. The van der Waals surface area contributed by atoms with Gasteiger partial charge in [0.05, 0.1) is 12.3 Å². The van der Waals surface area contributed by atoms with E-state index in [0.29, 0.717) is 30.3 Å². The number of anilines is 1. The minimum absolute atomic E-state index is 0.224. The van der Waals surface area contributed by atoms with Gasteiger partial charge in [-0.25, -0.2) is 18.4 Å². The van der Waals surface area contributed by atoms with Crippen LogP contribution in [0.15, 0.2) is 42.5 Å². The molecule has 2 aliphatic heterocycles. The van der Waals surface area contributed by atoms with Gasteiger partial charge in [-0.05, 0) is 55.9 Å². The number of amides is 1. The van der Waals surface area contributed by atoms with Crippen molar-refractivity contribution in [1.29, 1.82) is 0 Å². The first-order chi connectivity index (χ1) is 16.0. The zero-order chi connectivity index (χ0) is 24.9. The van der Waals surface area contributed by atoms with Gasteiger partial charge in [0.25, 0.3) is 0 Å². The van der Waals surface area contributed by atoms with Gasteiger partial charge in [0.1, 0.15) is 11.6 Å². The maximum absolute atomic E-state index is 14.1. The van der Waals surface area contributed by atoms with E-state index >= 15 is 0 Å². The molecule has 0 radical (unpaired) electrons. The second-order valence-electron chi connectivity index (χ2n) is 8.17. The van der Waals surface area contributed by atoms with Gasteiger partial charge < -0.3 is 15.2 Å². The fourth-order valence-electron chi connectivity index (χ4n) is 4.18.